The monoisotopic (exact) mass is 105 g/mol. The number of carboxylic acids is 1. The summed E-state index contributed by atoms with van der Waals surface area (Å²) in [6, 6.07) is 0. The van der Waals surface area contributed by atoms with Crippen molar-refractivity contribution in [1.82, 2.24) is 0 Å². The smallest absolute Gasteiger partial charge is 0.307 e. The summed E-state index contributed by atoms with van der Waals surface area (Å²) < 4.78 is 0. The summed E-state index contributed by atoms with van der Waals surface area (Å²) >= 11 is 0. The zero-order valence-corrected chi connectivity index (χ0v) is 3.66. The average Bonchev–Trinajstić information content (AvgIpc) is 1.27. The van der Waals surface area contributed by atoms with E-state index in [0.29, 0.717) is 0 Å². The highest BCUT2D eigenvalue weighted by Gasteiger charge is 2.00. The van der Waals surface area contributed by atoms with Gasteiger partial charge in [-0.15, -0.1) is 0 Å². The minimum absolute atomic E-state index is 0.389. The van der Waals surface area contributed by atoms with Crippen LogP contribution in [-0.2, 0) is 4.79 Å². The van der Waals surface area contributed by atoms with Crippen LogP contribution < -0.4 is 5.73 Å². The Bertz CT molecular complexity index is 70.6. The van der Waals surface area contributed by atoms with E-state index in [2.05, 4.69) is 5.73 Å². The maximum atomic E-state index is 9.57. The topological polar surface area (TPSA) is 83.5 Å². The number of aliphatic hydroxyl groups is 1. The molecule has 0 aromatic carbocycles. The van der Waals surface area contributed by atoms with E-state index in [-0.39, 0.29) is 6.42 Å². The van der Waals surface area contributed by atoms with Crippen LogP contribution in [-0.4, -0.2) is 22.4 Å². The summed E-state index contributed by atoms with van der Waals surface area (Å²) in [5.41, 5.74) is 4.67. The second-order valence-electron chi connectivity index (χ2n) is 1.17. The average molecular weight is 105 g/mol. The fourth-order valence-electron chi connectivity index (χ4n) is 0.179. The molecule has 0 bridgehead atoms. The molecule has 0 fully saturated rings. The molecular weight excluding hydrogens is 98.0 g/mol. The summed E-state index contributed by atoms with van der Waals surface area (Å²) in [6.45, 7) is 0. The molecule has 0 amide bonds. The van der Waals surface area contributed by atoms with Crippen LogP contribution in [0.5, 0.6) is 0 Å². The fraction of sp³-hybridized carbons (Fsp3) is 0.667. The second-order valence-corrected chi connectivity index (χ2v) is 1.17. The first kappa shape index (κ1) is 6.39. The van der Waals surface area contributed by atoms with Gasteiger partial charge >= 0.3 is 5.97 Å². The number of rotatable bonds is 2. The van der Waals surface area contributed by atoms with Gasteiger partial charge in [0.15, 0.2) is 0 Å². The van der Waals surface area contributed by atoms with Crippen molar-refractivity contribution in [3.63, 3.8) is 0 Å². The molecule has 0 radical (unpaired) electrons. The first-order chi connectivity index (χ1) is 3.13. The van der Waals surface area contributed by atoms with E-state index in [4.69, 9.17) is 10.2 Å². The highest BCUT2D eigenvalue weighted by molar-refractivity contribution is 5.67. The molecule has 42 valence electrons. The third-order valence-electron chi connectivity index (χ3n) is 0.384. The molecule has 0 aromatic rings. The van der Waals surface area contributed by atoms with Crippen molar-refractivity contribution < 1.29 is 15.0 Å². The van der Waals surface area contributed by atoms with Gasteiger partial charge in [0.05, 0.1) is 6.42 Å². The molecule has 4 nitrogen and oxygen atoms in total. The Kier molecular flexibility index (Phi) is 2.32. The lowest BCUT2D eigenvalue weighted by Crippen LogP contribution is -2.22. The van der Waals surface area contributed by atoms with Crippen molar-refractivity contribution in [2.24, 2.45) is 5.73 Å². The van der Waals surface area contributed by atoms with E-state index >= 15 is 0 Å². The molecule has 0 aliphatic rings. The lowest BCUT2D eigenvalue weighted by atomic mass is 10.4. The third kappa shape index (κ3) is 5.39. The molecule has 0 aliphatic heterocycles. The number of hydrogen-bond acceptors (Lipinski definition) is 3. The summed E-state index contributed by atoms with van der Waals surface area (Å²) in [5.74, 6) is -1.09. The van der Waals surface area contributed by atoms with Gasteiger partial charge in [-0.05, 0) is 0 Å². The number of hydrogen-bond donors (Lipinski definition) is 3. The zero-order chi connectivity index (χ0) is 5.86. The summed E-state index contributed by atoms with van der Waals surface area (Å²) in [5, 5.41) is 16.0. The molecule has 7 heavy (non-hydrogen) atoms. The first-order valence-corrected chi connectivity index (χ1v) is 1.78. The molecule has 1 atom stereocenters. The Morgan fingerprint density at radius 2 is 2.29 bits per heavy atom. The van der Waals surface area contributed by atoms with Gasteiger partial charge in [0.2, 0.25) is 0 Å². The molecule has 0 saturated carbocycles. The second kappa shape index (κ2) is 2.54. The van der Waals surface area contributed by atoms with Crippen molar-refractivity contribution in [1.29, 1.82) is 0 Å². The van der Waals surface area contributed by atoms with Crippen LogP contribution in [0.2, 0.25) is 0 Å². The Hall–Kier alpha value is -0.610. The number of aliphatic hydroxyl groups excluding tert-OH is 1. The van der Waals surface area contributed by atoms with E-state index in [1.807, 2.05) is 0 Å². The normalized spacial score (nSPS) is 13.4. The Labute approximate surface area is 40.6 Å². The molecule has 0 aliphatic carbocycles. The van der Waals surface area contributed by atoms with Crippen LogP contribution in [0.1, 0.15) is 6.42 Å². The van der Waals surface area contributed by atoms with E-state index in [9.17, 15) is 4.79 Å². The summed E-state index contributed by atoms with van der Waals surface area (Å²) in [6.07, 6.45) is -1.61. The molecule has 4 N–H and O–H groups in total. The molecule has 0 unspecified atom stereocenters. The molecule has 4 heteroatoms. The van der Waals surface area contributed by atoms with Crippen LogP contribution in [0.4, 0.5) is 0 Å². The highest BCUT2D eigenvalue weighted by Crippen LogP contribution is 1.78. The third-order valence-corrected chi connectivity index (χ3v) is 0.384. The van der Waals surface area contributed by atoms with Gasteiger partial charge in [-0.25, -0.2) is 0 Å². The van der Waals surface area contributed by atoms with Gasteiger partial charge in [0.1, 0.15) is 6.23 Å². The maximum absolute atomic E-state index is 9.57. The van der Waals surface area contributed by atoms with Gasteiger partial charge in [-0.3, -0.25) is 4.79 Å². The minimum atomic E-state index is -1.22. The molecule has 0 rings (SSSR count). The van der Waals surface area contributed by atoms with Crippen LogP contribution in [0.3, 0.4) is 0 Å². The van der Waals surface area contributed by atoms with Crippen molar-refractivity contribution in [2.75, 3.05) is 0 Å². The molecule has 0 heterocycles. The maximum Gasteiger partial charge on any atom is 0.307 e. The van der Waals surface area contributed by atoms with Gasteiger partial charge in [0, 0.05) is 0 Å². The van der Waals surface area contributed by atoms with Crippen molar-refractivity contribution in [3.05, 3.63) is 0 Å². The van der Waals surface area contributed by atoms with Crippen LogP contribution in [0, 0.1) is 0 Å². The molecule has 0 aromatic heterocycles. The zero-order valence-electron chi connectivity index (χ0n) is 3.66. The number of nitrogens with two attached hydrogens (primary N) is 1. The lowest BCUT2D eigenvalue weighted by Gasteiger charge is -1.94. The summed E-state index contributed by atoms with van der Waals surface area (Å²) in [4.78, 5) is 9.57. The quantitative estimate of drug-likeness (QED) is 0.383. The van der Waals surface area contributed by atoms with E-state index < -0.39 is 12.2 Å². The minimum Gasteiger partial charge on any atom is -0.481 e. The number of aliphatic carboxylic acids is 1. The Balaban J connectivity index is 3.13. The van der Waals surface area contributed by atoms with Crippen LogP contribution >= 0.6 is 0 Å². The van der Waals surface area contributed by atoms with E-state index in [0.717, 1.165) is 0 Å². The van der Waals surface area contributed by atoms with E-state index in [1.54, 1.807) is 0 Å². The standard InChI is InChI=1S/C3H7NO3/c4-2(5)1-3(6)7/h2,5H,1,4H2,(H,6,7)/t2-/m0/s1. The Morgan fingerprint density at radius 1 is 1.86 bits per heavy atom. The number of carbonyl (C=O) groups is 1. The van der Waals surface area contributed by atoms with Gasteiger partial charge in [0.25, 0.3) is 0 Å². The fourth-order valence-corrected chi connectivity index (χ4v) is 0.179. The molecule has 0 saturated heterocycles. The van der Waals surface area contributed by atoms with Crippen LogP contribution in [0.15, 0.2) is 0 Å². The largest absolute Gasteiger partial charge is 0.481 e. The first-order valence-electron chi connectivity index (χ1n) is 1.78. The SMILES string of the molecule is N[C@@H](O)CC(=O)O. The Morgan fingerprint density at radius 3 is 2.29 bits per heavy atom. The van der Waals surface area contributed by atoms with Crippen molar-refractivity contribution >= 4 is 5.97 Å². The van der Waals surface area contributed by atoms with E-state index in [1.165, 1.54) is 0 Å². The van der Waals surface area contributed by atoms with Crippen LogP contribution in [0.25, 0.3) is 0 Å². The molecular formula is C3H7NO3. The van der Waals surface area contributed by atoms with Gasteiger partial charge in [-0.1, -0.05) is 0 Å². The summed E-state index contributed by atoms with van der Waals surface area (Å²) in [7, 11) is 0. The van der Waals surface area contributed by atoms with Crippen molar-refractivity contribution in [2.45, 2.75) is 12.6 Å². The lowest BCUT2D eigenvalue weighted by molar-refractivity contribution is -0.139. The number of carboxylic acid groups (broad SMARTS) is 1. The van der Waals surface area contributed by atoms with Gasteiger partial charge in [-0.2, -0.15) is 0 Å². The highest BCUT2D eigenvalue weighted by atomic mass is 16.4. The molecule has 0 spiro atoms. The predicted octanol–water partition coefficient (Wildman–Crippen LogP) is -1.26. The van der Waals surface area contributed by atoms with Gasteiger partial charge < -0.3 is 15.9 Å². The van der Waals surface area contributed by atoms with Crippen molar-refractivity contribution in [3.8, 4) is 0 Å². The predicted molar refractivity (Wildman–Crippen MR) is 22.4 cm³/mol.